The maximum absolute atomic E-state index is 13.0. The molecule has 0 unspecified atom stereocenters. The van der Waals surface area contributed by atoms with Crippen LogP contribution in [0.4, 0.5) is 0 Å². The number of carbonyl (C=O) groups is 1. The minimum absolute atomic E-state index is 0.0383. The summed E-state index contributed by atoms with van der Waals surface area (Å²) in [6.07, 6.45) is 4.93. The fraction of sp³-hybridized carbons (Fsp3) is 0.357. The molecule has 0 aliphatic heterocycles. The van der Waals surface area contributed by atoms with Crippen molar-refractivity contribution in [2.75, 3.05) is 19.6 Å². The number of rotatable bonds is 12. The van der Waals surface area contributed by atoms with Crippen LogP contribution >= 0.6 is 22.9 Å². The summed E-state index contributed by atoms with van der Waals surface area (Å²) in [5, 5.41) is 4.88. The Bertz CT molecular complexity index is 1240. The molecule has 0 fully saturated rings. The highest BCUT2D eigenvalue weighted by molar-refractivity contribution is 7.09. The van der Waals surface area contributed by atoms with E-state index in [2.05, 4.69) is 60.3 Å². The molecule has 2 aromatic carbocycles. The summed E-state index contributed by atoms with van der Waals surface area (Å²) in [6, 6.07) is 16.4. The molecule has 0 spiro atoms. The number of nitrogens with zero attached hydrogens (tertiary/aromatic N) is 3. The van der Waals surface area contributed by atoms with Gasteiger partial charge in [0.2, 0.25) is 0 Å². The van der Waals surface area contributed by atoms with E-state index in [1.807, 2.05) is 28.5 Å². The first-order chi connectivity index (χ1) is 17.1. The van der Waals surface area contributed by atoms with Crippen molar-refractivity contribution in [3.05, 3.63) is 87.0 Å². The number of aromatic nitrogens is 2. The standard InChI is InChI=1S/C28H33ClN4OS/c1-3-13-33(14-4-2)28(34)26-20-35-27(31-26)19-32(18-21-8-7-9-23(29)16-21)15-12-22-17-30-25-11-6-5-10-24(22)25/h5-11,16-17,20,30H,3-4,12-15,18-19H2,1-2H3. The number of aromatic amines is 1. The van der Waals surface area contributed by atoms with Crippen LogP contribution in [-0.2, 0) is 19.5 Å². The van der Waals surface area contributed by atoms with Gasteiger partial charge in [-0.2, -0.15) is 0 Å². The molecule has 4 rings (SSSR count). The number of halogens is 1. The zero-order valence-corrected chi connectivity index (χ0v) is 22.0. The van der Waals surface area contributed by atoms with Crippen molar-refractivity contribution in [2.45, 2.75) is 46.2 Å². The Morgan fingerprint density at radius 1 is 1.03 bits per heavy atom. The normalized spacial score (nSPS) is 11.4. The van der Waals surface area contributed by atoms with Crippen LogP contribution in [0, 0.1) is 0 Å². The van der Waals surface area contributed by atoms with E-state index in [1.165, 1.54) is 16.5 Å². The summed E-state index contributed by atoms with van der Waals surface area (Å²) in [4.78, 5) is 25.4. The lowest BCUT2D eigenvalue weighted by atomic mass is 10.1. The fourth-order valence-corrected chi connectivity index (χ4v) is 5.44. The quantitative estimate of drug-likeness (QED) is 0.229. The van der Waals surface area contributed by atoms with E-state index in [4.69, 9.17) is 16.6 Å². The molecular weight excluding hydrogens is 476 g/mol. The molecule has 0 aliphatic carbocycles. The van der Waals surface area contributed by atoms with Crippen LogP contribution in [-0.4, -0.2) is 45.3 Å². The molecule has 0 saturated heterocycles. The number of thiazole rings is 1. The van der Waals surface area contributed by atoms with Gasteiger partial charge in [0, 0.05) is 53.7 Å². The monoisotopic (exact) mass is 508 g/mol. The molecule has 4 aromatic rings. The Labute approximate surface area is 216 Å². The summed E-state index contributed by atoms with van der Waals surface area (Å²) < 4.78 is 0. The summed E-state index contributed by atoms with van der Waals surface area (Å²) in [7, 11) is 0. The maximum Gasteiger partial charge on any atom is 0.273 e. The van der Waals surface area contributed by atoms with Gasteiger partial charge in [-0.15, -0.1) is 11.3 Å². The molecule has 35 heavy (non-hydrogen) atoms. The average molecular weight is 509 g/mol. The minimum atomic E-state index is 0.0383. The van der Waals surface area contributed by atoms with E-state index < -0.39 is 0 Å². The Hall–Kier alpha value is -2.67. The number of hydrogen-bond donors (Lipinski definition) is 1. The zero-order chi connectivity index (χ0) is 24.6. The second-order valence-electron chi connectivity index (χ2n) is 8.87. The molecule has 0 radical (unpaired) electrons. The lowest BCUT2D eigenvalue weighted by molar-refractivity contribution is 0.0750. The van der Waals surface area contributed by atoms with E-state index in [0.717, 1.165) is 61.0 Å². The number of H-pyrrole nitrogens is 1. The average Bonchev–Trinajstić information content (AvgIpc) is 3.49. The highest BCUT2D eigenvalue weighted by Crippen LogP contribution is 2.21. The van der Waals surface area contributed by atoms with Gasteiger partial charge < -0.3 is 9.88 Å². The van der Waals surface area contributed by atoms with Gasteiger partial charge in [0.1, 0.15) is 10.7 Å². The Morgan fingerprint density at radius 2 is 1.83 bits per heavy atom. The highest BCUT2D eigenvalue weighted by Gasteiger charge is 2.19. The van der Waals surface area contributed by atoms with Gasteiger partial charge >= 0.3 is 0 Å². The topological polar surface area (TPSA) is 52.2 Å². The van der Waals surface area contributed by atoms with Crippen molar-refractivity contribution < 1.29 is 4.79 Å². The van der Waals surface area contributed by atoms with Gasteiger partial charge in [-0.1, -0.05) is 55.8 Å². The van der Waals surface area contributed by atoms with Crippen molar-refractivity contribution in [3.63, 3.8) is 0 Å². The minimum Gasteiger partial charge on any atom is -0.361 e. The maximum atomic E-state index is 13.0. The molecule has 0 aliphatic rings. The van der Waals surface area contributed by atoms with E-state index in [9.17, 15) is 4.79 Å². The van der Waals surface area contributed by atoms with Crippen molar-refractivity contribution in [1.29, 1.82) is 0 Å². The lowest BCUT2D eigenvalue weighted by Gasteiger charge is -2.22. The first-order valence-corrected chi connectivity index (χ1v) is 13.6. The molecule has 5 nitrogen and oxygen atoms in total. The SMILES string of the molecule is CCCN(CCC)C(=O)c1csc(CN(CCc2c[nH]c3ccccc23)Cc2cccc(Cl)c2)n1. The third kappa shape index (κ3) is 6.72. The number of fused-ring (bicyclic) bond motifs is 1. The van der Waals surface area contributed by atoms with Crippen LogP contribution in [0.1, 0.15) is 53.3 Å². The lowest BCUT2D eigenvalue weighted by Crippen LogP contribution is -2.32. The van der Waals surface area contributed by atoms with Gasteiger partial charge in [0.05, 0.1) is 6.54 Å². The van der Waals surface area contributed by atoms with E-state index >= 15 is 0 Å². The molecule has 2 heterocycles. The van der Waals surface area contributed by atoms with Crippen molar-refractivity contribution in [2.24, 2.45) is 0 Å². The third-order valence-corrected chi connectivity index (χ3v) is 7.14. The fourth-order valence-electron chi connectivity index (χ4n) is 4.41. The highest BCUT2D eigenvalue weighted by atomic mass is 35.5. The van der Waals surface area contributed by atoms with Gasteiger partial charge in [0.25, 0.3) is 5.91 Å². The van der Waals surface area contributed by atoms with E-state index in [1.54, 1.807) is 11.3 Å². The predicted molar refractivity (Wildman–Crippen MR) is 146 cm³/mol. The van der Waals surface area contributed by atoms with E-state index in [-0.39, 0.29) is 5.91 Å². The van der Waals surface area contributed by atoms with Crippen LogP contribution in [0.5, 0.6) is 0 Å². The molecule has 0 saturated carbocycles. The smallest absolute Gasteiger partial charge is 0.273 e. The Balaban J connectivity index is 1.49. The van der Waals surface area contributed by atoms with Crippen LogP contribution in [0.25, 0.3) is 10.9 Å². The number of carbonyl (C=O) groups excluding carboxylic acids is 1. The van der Waals surface area contributed by atoms with Crippen molar-refractivity contribution in [3.8, 4) is 0 Å². The number of hydrogen-bond acceptors (Lipinski definition) is 4. The van der Waals surface area contributed by atoms with Crippen LogP contribution < -0.4 is 0 Å². The van der Waals surface area contributed by atoms with Gasteiger partial charge in [-0.05, 0) is 48.6 Å². The van der Waals surface area contributed by atoms with Crippen LogP contribution in [0.15, 0.2) is 60.1 Å². The summed E-state index contributed by atoms with van der Waals surface area (Å²) in [5.74, 6) is 0.0383. The number of amides is 1. The first-order valence-electron chi connectivity index (χ1n) is 12.3. The second kappa shape index (κ2) is 12.3. The molecule has 184 valence electrons. The largest absolute Gasteiger partial charge is 0.361 e. The summed E-state index contributed by atoms with van der Waals surface area (Å²) in [5.41, 5.74) is 4.20. The second-order valence-corrected chi connectivity index (χ2v) is 10.2. The molecular formula is C28H33ClN4OS. The molecule has 0 bridgehead atoms. The molecule has 1 N–H and O–H groups in total. The van der Waals surface area contributed by atoms with Crippen LogP contribution in [0.2, 0.25) is 5.02 Å². The third-order valence-electron chi connectivity index (χ3n) is 6.07. The molecule has 2 aromatic heterocycles. The first kappa shape index (κ1) is 25.4. The number of nitrogens with one attached hydrogen (secondary N) is 1. The van der Waals surface area contributed by atoms with Crippen molar-refractivity contribution >= 4 is 39.7 Å². The van der Waals surface area contributed by atoms with Gasteiger partial charge in [-0.3, -0.25) is 9.69 Å². The Kier molecular flexibility index (Phi) is 8.96. The predicted octanol–water partition coefficient (Wildman–Crippen LogP) is 6.78. The zero-order valence-electron chi connectivity index (χ0n) is 20.5. The van der Waals surface area contributed by atoms with Crippen molar-refractivity contribution in [1.82, 2.24) is 19.8 Å². The molecule has 1 amide bonds. The van der Waals surface area contributed by atoms with E-state index in [0.29, 0.717) is 12.2 Å². The molecule has 7 heteroatoms. The number of para-hydroxylation sites is 1. The van der Waals surface area contributed by atoms with Gasteiger partial charge in [-0.25, -0.2) is 4.98 Å². The number of benzene rings is 2. The summed E-state index contributed by atoms with van der Waals surface area (Å²) in [6.45, 7) is 8.07. The Morgan fingerprint density at radius 3 is 2.60 bits per heavy atom. The molecule has 0 atom stereocenters. The summed E-state index contributed by atoms with van der Waals surface area (Å²) >= 11 is 7.82. The van der Waals surface area contributed by atoms with Crippen LogP contribution in [0.3, 0.4) is 0 Å². The van der Waals surface area contributed by atoms with Gasteiger partial charge in [0.15, 0.2) is 0 Å².